The third kappa shape index (κ3) is 5.05. The van der Waals surface area contributed by atoms with Gasteiger partial charge in [0, 0.05) is 31.5 Å². The third-order valence-electron chi connectivity index (χ3n) is 5.07. The Morgan fingerprint density at radius 2 is 2.11 bits per heavy atom. The number of aryl methyl sites for hydroxylation is 1. The van der Waals surface area contributed by atoms with Crippen LogP contribution in [0.2, 0.25) is 0 Å². The van der Waals surface area contributed by atoms with Gasteiger partial charge >= 0.3 is 0 Å². The van der Waals surface area contributed by atoms with E-state index >= 15 is 0 Å². The van der Waals surface area contributed by atoms with Crippen molar-refractivity contribution in [3.8, 4) is 5.88 Å². The number of hydrogen-bond acceptors (Lipinski definition) is 5. The number of nitrogens with two attached hydrogens (primary N) is 1. The van der Waals surface area contributed by atoms with Gasteiger partial charge in [-0.15, -0.1) is 0 Å². The highest BCUT2D eigenvalue weighted by atomic mass is 16.5. The summed E-state index contributed by atoms with van der Waals surface area (Å²) in [6.07, 6.45) is 3.36. The van der Waals surface area contributed by atoms with Crippen LogP contribution in [0.5, 0.6) is 5.88 Å². The van der Waals surface area contributed by atoms with Gasteiger partial charge in [0.15, 0.2) is 0 Å². The highest BCUT2D eigenvalue weighted by Crippen LogP contribution is 2.22. The number of hydrogen-bond donors (Lipinski definition) is 1. The van der Waals surface area contributed by atoms with Crippen LogP contribution in [-0.2, 0) is 11.3 Å². The predicted molar refractivity (Wildman–Crippen MR) is 103 cm³/mol. The minimum Gasteiger partial charge on any atom is -0.473 e. The number of rotatable bonds is 6. The number of carbonyl (C=O) groups is 1. The maximum Gasteiger partial charge on any atom is 0.269 e. The number of carbonyl (C=O) groups excluding carboxylic acids is 1. The highest BCUT2D eigenvalue weighted by molar-refractivity contribution is 5.93. The second kappa shape index (κ2) is 8.97. The summed E-state index contributed by atoms with van der Waals surface area (Å²) >= 11 is 0. The van der Waals surface area contributed by atoms with Crippen LogP contribution in [0.15, 0.2) is 42.6 Å². The summed E-state index contributed by atoms with van der Waals surface area (Å²) in [5.74, 6) is 6.70. The van der Waals surface area contributed by atoms with Crippen LogP contribution in [0.4, 0.5) is 0 Å². The summed E-state index contributed by atoms with van der Waals surface area (Å²) in [5.41, 5.74) is 2.72. The molecule has 2 N–H and O–H groups in total. The number of nitrogens with zero attached hydrogens (tertiary/aromatic N) is 2. The molecule has 1 amide bonds. The second-order valence-electron chi connectivity index (χ2n) is 7.07. The first kappa shape index (κ1) is 19.3. The van der Waals surface area contributed by atoms with Crippen LogP contribution < -0.4 is 10.6 Å². The van der Waals surface area contributed by atoms with E-state index in [1.807, 2.05) is 32.0 Å². The van der Waals surface area contributed by atoms with Gasteiger partial charge in [0.2, 0.25) is 5.88 Å². The summed E-state index contributed by atoms with van der Waals surface area (Å²) in [6.45, 7) is 5.92. The molecule has 2 aromatic rings. The molecular weight excluding hydrogens is 342 g/mol. The zero-order valence-corrected chi connectivity index (χ0v) is 15.9. The van der Waals surface area contributed by atoms with E-state index in [1.165, 1.54) is 16.8 Å². The molecule has 0 spiro atoms. The topological polar surface area (TPSA) is 77.7 Å². The average Bonchev–Trinajstić information content (AvgIpc) is 2.72. The van der Waals surface area contributed by atoms with Crippen molar-refractivity contribution in [1.82, 2.24) is 9.99 Å². The van der Waals surface area contributed by atoms with E-state index in [-0.39, 0.29) is 11.9 Å². The van der Waals surface area contributed by atoms with Crippen LogP contribution in [0.25, 0.3) is 0 Å². The fourth-order valence-electron chi connectivity index (χ4n) is 3.31. The average molecular weight is 369 g/mol. The molecular formula is C21H27N3O3. The zero-order valence-electron chi connectivity index (χ0n) is 15.9. The Balaban J connectivity index is 1.57. The summed E-state index contributed by atoms with van der Waals surface area (Å²) in [4.78, 5) is 16.9. The predicted octanol–water partition coefficient (Wildman–Crippen LogP) is 3.10. The molecule has 0 aliphatic carbocycles. The minimum atomic E-state index is -0.230. The molecule has 1 unspecified atom stereocenters. The normalized spacial score (nSPS) is 16.0. The largest absolute Gasteiger partial charge is 0.473 e. The van der Waals surface area contributed by atoms with Crippen LogP contribution >= 0.6 is 0 Å². The Labute approximate surface area is 160 Å². The number of aromatic nitrogens is 1. The first-order valence-electron chi connectivity index (χ1n) is 9.35. The quantitative estimate of drug-likeness (QED) is 0.481. The lowest BCUT2D eigenvalue weighted by atomic mass is 9.92. The van der Waals surface area contributed by atoms with Gasteiger partial charge in [0.25, 0.3) is 5.91 Å². The van der Waals surface area contributed by atoms with Crippen molar-refractivity contribution in [2.24, 2.45) is 11.8 Å². The van der Waals surface area contributed by atoms with Gasteiger partial charge in [-0.1, -0.05) is 29.8 Å². The van der Waals surface area contributed by atoms with Crippen molar-refractivity contribution in [3.05, 3.63) is 59.3 Å². The third-order valence-corrected chi connectivity index (χ3v) is 5.07. The molecule has 27 heavy (non-hydrogen) atoms. The van der Waals surface area contributed by atoms with Gasteiger partial charge in [-0.3, -0.25) is 9.80 Å². The minimum absolute atomic E-state index is 0.0429. The number of pyridine rings is 1. The maximum absolute atomic E-state index is 12.6. The molecule has 6 heteroatoms. The first-order valence-corrected chi connectivity index (χ1v) is 9.35. The molecule has 1 fully saturated rings. The van der Waals surface area contributed by atoms with Gasteiger partial charge in [0.1, 0.15) is 6.61 Å². The molecule has 1 aliphatic heterocycles. The van der Waals surface area contributed by atoms with E-state index in [9.17, 15) is 4.79 Å². The molecule has 1 atom stereocenters. The number of ether oxygens (including phenoxy) is 2. The van der Waals surface area contributed by atoms with Gasteiger partial charge in [-0.2, -0.15) is 0 Å². The maximum atomic E-state index is 12.6. The highest BCUT2D eigenvalue weighted by Gasteiger charge is 2.27. The van der Waals surface area contributed by atoms with Gasteiger partial charge in [-0.05, 0) is 44.2 Å². The van der Waals surface area contributed by atoms with Crippen LogP contribution in [0.1, 0.15) is 41.3 Å². The molecule has 0 bridgehead atoms. The Morgan fingerprint density at radius 1 is 1.33 bits per heavy atom. The Hall–Kier alpha value is -2.44. The second-order valence-corrected chi connectivity index (χ2v) is 7.07. The van der Waals surface area contributed by atoms with Crippen molar-refractivity contribution in [3.63, 3.8) is 0 Å². The monoisotopic (exact) mass is 369 g/mol. The van der Waals surface area contributed by atoms with Crippen molar-refractivity contribution in [2.75, 3.05) is 13.2 Å². The number of benzene rings is 1. The Bertz CT molecular complexity index is 758. The van der Waals surface area contributed by atoms with Gasteiger partial charge < -0.3 is 9.47 Å². The summed E-state index contributed by atoms with van der Waals surface area (Å²) in [5, 5.41) is 1.32. The molecule has 3 rings (SSSR count). The SMILES string of the molecule is Cc1cccc(COc2ccc(C(=O)N(N)C(C)C3CCOCC3)cn2)c1. The van der Waals surface area contributed by atoms with Crippen molar-refractivity contribution in [1.29, 1.82) is 0 Å². The van der Waals surface area contributed by atoms with E-state index in [1.54, 1.807) is 12.1 Å². The smallest absolute Gasteiger partial charge is 0.269 e. The molecule has 0 saturated carbocycles. The lowest BCUT2D eigenvalue weighted by Gasteiger charge is -2.33. The molecule has 1 aliphatic rings. The molecule has 1 saturated heterocycles. The Morgan fingerprint density at radius 3 is 2.78 bits per heavy atom. The fourth-order valence-corrected chi connectivity index (χ4v) is 3.31. The van der Waals surface area contributed by atoms with Crippen molar-refractivity contribution >= 4 is 5.91 Å². The summed E-state index contributed by atoms with van der Waals surface area (Å²) in [7, 11) is 0. The van der Waals surface area contributed by atoms with Crippen LogP contribution in [-0.4, -0.2) is 35.2 Å². The van der Waals surface area contributed by atoms with Crippen molar-refractivity contribution in [2.45, 2.75) is 39.3 Å². The molecule has 1 aromatic carbocycles. The van der Waals surface area contributed by atoms with Crippen LogP contribution in [0.3, 0.4) is 0 Å². The molecule has 1 aromatic heterocycles. The van der Waals surface area contributed by atoms with E-state index in [0.29, 0.717) is 24.0 Å². The standard InChI is InChI=1S/C21H27N3O3/c1-15-4-3-5-17(12-15)14-27-20-7-6-19(13-23-20)21(25)24(22)16(2)18-8-10-26-11-9-18/h3-7,12-13,16,18H,8-11,14,22H2,1-2H3. The fraction of sp³-hybridized carbons (Fsp3) is 0.429. The van der Waals surface area contributed by atoms with Gasteiger partial charge in [0.05, 0.1) is 5.56 Å². The molecule has 2 heterocycles. The van der Waals surface area contributed by atoms with E-state index in [0.717, 1.165) is 31.6 Å². The van der Waals surface area contributed by atoms with E-state index in [2.05, 4.69) is 11.1 Å². The summed E-state index contributed by atoms with van der Waals surface area (Å²) < 4.78 is 11.1. The number of amides is 1. The lowest BCUT2D eigenvalue weighted by Crippen LogP contribution is -2.48. The summed E-state index contributed by atoms with van der Waals surface area (Å²) in [6, 6.07) is 11.5. The molecule has 144 valence electrons. The molecule has 0 radical (unpaired) electrons. The van der Waals surface area contributed by atoms with E-state index in [4.69, 9.17) is 15.3 Å². The van der Waals surface area contributed by atoms with E-state index < -0.39 is 0 Å². The zero-order chi connectivity index (χ0) is 19.2. The molecule has 6 nitrogen and oxygen atoms in total. The van der Waals surface area contributed by atoms with Gasteiger partial charge in [-0.25, -0.2) is 10.8 Å². The van der Waals surface area contributed by atoms with Crippen LogP contribution in [0, 0.1) is 12.8 Å². The Kier molecular flexibility index (Phi) is 6.42. The lowest BCUT2D eigenvalue weighted by molar-refractivity contribution is 0.0266. The van der Waals surface area contributed by atoms with Crippen molar-refractivity contribution < 1.29 is 14.3 Å². The first-order chi connectivity index (χ1) is 13.0. The number of hydrazine groups is 1.